The van der Waals surface area contributed by atoms with Crippen molar-refractivity contribution in [1.82, 2.24) is 4.90 Å². The molecule has 0 aliphatic carbocycles. The molecular weight excluding hydrogens is 248 g/mol. The van der Waals surface area contributed by atoms with Crippen molar-refractivity contribution < 1.29 is 0 Å². The van der Waals surface area contributed by atoms with Crippen molar-refractivity contribution in [2.45, 2.75) is 32.7 Å². The summed E-state index contributed by atoms with van der Waals surface area (Å²) >= 11 is 0. The summed E-state index contributed by atoms with van der Waals surface area (Å²) in [5.74, 6) is 1.29. The topological polar surface area (TPSA) is 53.6 Å². The van der Waals surface area contributed by atoms with Crippen LogP contribution in [0.2, 0.25) is 0 Å². The molecule has 2 atom stereocenters. The second kappa shape index (κ2) is 7.29. The molecule has 1 saturated heterocycles. The zero-order valence-electron chi connectivity index (χ0n) is 12.5. The molecule has 0 saturated carbocycles. The number of guanidine groups is 1. The van der Waals surface area contributed by atoms with Gasteiger partial charge in [-0.2, -0.15) is 0 Å². The highest BCUT2D eigenvalue weighted by atomic mass is 15.2. The largest absolute Gasteiger partial charge is 0.370 e. The van der Waals surface area contributed by atoms with Crippen LogP contribution in [0.25, 0.3) is 0 Å². The molecular formula is C16H26N4. The van der Waals surface area contributed by atoms with Gasteiger partial charge in [0.2, 0.25) is 0 Å². The van der Waals surface area contributed by atoms with Crippen molar-refractivity contribution in [3.05, 3.63) is 30.3 Å². The first-order valence-corrected chi connectivity index (χ1v) is 7.51. The van der Waals surface area contributed by atoms with Crippen LogP contribution in [0.4, 0.5) is 5.69 Å². The number of para-hydroxylation sites is 1. The number of anilines is 1. The molecule has 0 bridgehead atoms. The van der Waals surface area contributed by atoms with Crippen LogP contribution in [0.3, 0.4) is 0 Å². The molecule has 3 N–H and O–H groups in total. The third-order valence-corrected chi connectivity index (χ3v) is 3.88. The van der Waals surface area contributed by atoms with Crippen LogP contribution in [-0.4, -0.2) is 36.5 Å². The molecule has 1 aromatic rings. The Labute approximate surface area is 122 Å². The van der Waals surface area contributed by atoms with Crippen LogP contribution in [0.1, 0.15) is 26.7 Å². The molecule has 110 valence electrons. The summed E-state index contributed by atoms with van der Waals surface area (Å²) in [5, 5.41) is 3.12. The van der Waals surface area contributed by atoms with E-state index in [9.17, 15) is 0 Å². The maximum absolute atomic E-state index is 5.93. The van der Waals surface area contributed by atoms with E-state index in [0.29, 0.717) is 12.0 Å². The van der Waals surface area contributed by atoms with E-state index in [4.69, 9.17) is 5.73 Å². The van der Waals surface area contributed by atoms with Crippen molar-refractivity contribution >= 4 is 11.6 Å². The monoisotopic (exact) mass is 274 g/mol. The van der Waals surface area contributed by atoms with Gasteiger partial charge in [-0.15, -0.1) is 0 Å². The molecule has 20 heavy (non-hydrogen) atoms. The third kappa shape index (κ3) is 4.53. The fourth-order valence-electron chi connectivity index (χ4n) is 2.68. The summed E-state index contributed by atoms with van der Waals surface area (Å²) in [4.78, 5) is 6.98. The minimum absolute atomic E-state index is 0.453. The van der Waals surface area contributed by atoms with Gasteiger partial charge in [-0.25, -0.2) is 0 Å². The van der Waals surface area contributed by atoms with Crippen molar-refractivity contribution in [2.24, 2.45) is 16.6 Å². The lowest BCUT2D eigenvalue weighted by molar-refractivity contribution is 0.142. The number of nitrogens with two attached hydrogens (primary N) is 1. The highest BCUT2D eigenvalue weighted by Gasteiger charge is 2.20. The van der Waals surface area contributed by atoms with Gasteiger partial charge in [0.1, 0.15) is 0 Å². The Hall–Kier alpha value is -1.55. The normalized spacial score (nSPS) is 22.5. The number of nitrogens with one attached hydrogen (secondary N) is 1. The SMILES string of the molecule is CC1CCCN(C(C)CN=C(N)Nc2ccccc2)C1. The Morgan fingerprint density at radius 3 is 2.90 bits per heavy atom. The standard InChI is InChI=1S/C16H26N4/c1-13-7-6-10-20(12-13)14(2)11-18-16(17)19-15-8-4-3-5-9-15/h3-5,8-9,13-14H,6-7,10-12H2,1-2H3,(H3,17,18,19). The number of aliphatic imine (C=N–C) groups is 1. The lowest BCUT2D eigenvalue weighted by Gasteiger charge is -2.34. The first kappa shape index (κ1) is 14.9. The van der Waals surface area contributed by atoms with E-state index in [2.05, 4.69) is 29.1 Å². The molecule has 2 unspecified atom stereocenters. The molecule has 0 aromatic heterocycles. The van der Waals surface area contributed by atoms with Gasteiger partial charge in [-0.1, -0.05) is 25.1 Å². The predicted molar refractivity (Wildman–Crippen MR) is 86.0 cm³/mol. The van der Waals surface area contributed by atoms with Gasteiger partial charge in [0.05, 0.1) is 6.54 Å². The van der Waals surface area contributed by atoms with E-state index < -0.39 is 0 Å². The van der Waals surface area contributed by atoms with Gasteiger partial charge < -0.3 is 11.1 Å². The molecule has 0 spiro atoms. The zero-order chi connectivity index (χ0) is 14.4. The van der Waals surface area contributed by atoms with E-state index in [1.807, 2.05) is 30.3 Å². The number of benzene rings is 1. The number of rotatable bonds is 4. The Bertz CT molecular complexity index is 429. The van der Waals surface area contributed by atoms with Gasteiger partial charge >= 0.3 is 0 Å². The summed E-state index contributed by atoms with van der Waals surface area (Å²) in [6.07, 6.45) is 2.65. The Morgan fingerprint density at radius 1 is 1.45 bits per heavy atom. The summed E-state index contributed by atoms with van der Waals surface area (Å²) in [7, 11) is 0. The summed E-state index contributed by atoms with van der Waals surface area (Å²) in [6.45, 7) is 7.68. The first-order chi connectivity index (χ1) is 9.65. The average molecular weight is 274 g/mol. The molecule has 0 radical (unpaired) electrons. The fourth-order valence-corrected chi connectivity index (χ4v) is 2.68. The number of nitrogens with zero attached hydrogens (tertiary/aromatic N) is 2. The van der Waals surface area contributed by atoms with Crippen molar-refractivity contribution in [2.75, 3.05) is 25.0 Å². The molecule has 2 rings (SSSR count). The maximum Gasteiger partial charge on any atom is 0.193 e. The van der Waals surface area contributed by atoms with E-state index in [1.54, 1.807) is 0 Å². The molecule has 0 amide bonds. The molecule has 1 fully saturated rings. The van der Waals surface area contributed by atoms with E-state index in [0.717, 1.165) is 18.2 Å². The summed E-state index contributed by atoms with van der Waals surface area (Å²) in [5.41, 5.74) is 6.91. The quantitative estimate of drug-likeness (QED) is 0.655. The number of likely N-dealkylation sites (tertiary alicyclic amines) is 1. The van der Waals surface area contributed by atoms with Crippen LogP contribution in [-0.2, 0) is 0 Å². The van der Waals surface area contributed by atoms with Gasteiger partial charge in [-0.05, 0) is 44.4 Å². The smallest absolute Gasteiger partial charge is 0.193 e. The van der Waals surface area contributed by atoms with Crippen LogP contribution >= 0.6 is 0 Å². The number of hydrogen-bond acceptors (Lipinski definition) is 2. The lowest BCUT2D eigenvalue weighted by Crippen LogP contribution is -2.42. The second-order valence-electron chi connectivity index (χ2n) is 5.81. The van der Waals surface area contributed by atoms with Gasteiger partial charge in [0.25, 0.3) is 0 Å². The number of piperidine rings is 1. The molecule has 1 aliphatic heterocycles. The highest BCUT2D eigenvalue weighted by Crippen LogP contribution is 2.17. The Kier molecular flexibility index (Phi) is 5.41. The molecule has 1 aromatic carbocycles. The van der Waals surface area contributed by atoms with E-state index >= 15 is 0 Å². The van der Waals surface area contributed by atoms with Gasteiger partial charge in [0.15, 0.2) is 5.96 Å². The number of hydrogen-bond donors (Lipinski definition) is 2. The summed E-state index contributed by atoms with van der Waals surface area (Å²) < 4.78 is 0. The Balaban J connectivity index is 1.82. The first-order valence-electron chi connectivity index (χ1n) is 7.51. The lowest BCUT2D eigenvalue weighted by atomic mass is 9.99. The average Bonchev–Trinajstić information content (AvgIpc) is 2.46. The molecule has 4 nitrogen and oxygen atoms in total. The van der Waals surface area contributed by atoms with E-state index in [-0.39, 0.29) is 0 Å². The molecule has 1 heterocycles. The molecule has 1 aliphatic rings. The van der Waals surface area contributed by atoms with Crippen molar-refractivity contribution in [1.29, 1.82) is 0 Å². The zero-order valence-corrected chi connectivity index (χ0v) is 12.5. The minimum atomic E-state index is 0.453. The maximum atomic E-state index is 5.93. The van der Waals surface area contributed by atoms with Crippen molar-refractivity contribution in [3.8, 4) is 0 Å². The van der Waals surface area contributed by atoms with Crippen molar-refractivity contribution in [3.63, 3.8) is 0 Å². The fraction of sp³-hybridized carbons (Fsp3) is 0.562. The minimum Gasteiger partial charge on any atom is -0.370 e. The predicted octanol–water partition coefficient (Wildman–Crippen LogP) is 2.53. The third-order valence-electron chi connectivity index (χ3n) is 3.88. The highest BCUT2D eigenvalue weighted by molar-refractivity contribution is 5.92. The van der Waals surface area contributed by atoms with E-state index in [1.165, 1.54) is 25.9 Å². The van der Waals surface area contributed by atoms with Crippen LogP contribution < -0.4 is 11.1 Å². The summed E-state index contributed by atoms with van der Waals surface area (Å²) in [6, 6.07) is 10.4. The van der Waals surface area contributed by atoms with Crippen LogP contribution in [0, 0.1) is 5.92 Å². The van der Waals surface area contributed by atoms with Crippen LogP contribution in [0.15, 0.2) is 35.3 Å². The van der Waals surface area contributed by atoms with Gasteiger partial charge in [0, 0.05) is 18.3 Å². The molecule has 4 heteroatoms. The second-order valence-corrected chi connectivity index (χ2v) is 5.81. The Morgan fingerprint density at radius 2 is 2.20 bits per heavy atom. The van der Waals surface area contributed by atoms with Gasteiger partial charge in [-0.3, -0.25) is 9.89 Å². The van der Waals surface area contributed by atoms with Crippen LogP contribution in [0.5, 0.6) is 0 Å².